The molecule has 3 rings (SSSR count). The number of benzene rings is 1. The van der Waals surface area contributed by atoms with Gasteiger partial charge in [0.05, 0.1) is 17.8 Å². The molecule has 0 atom stereocenters. The van der Waals surface area contributed by atoms with E-state index < -0.39 is 0 Å². The van der Waals surface area contributed by atoms with Gasteiger partial charge < -0.3 is 0 Å². The summed E-state index contributed by atoms with van der Waals surface area (Å²) in [6.45, 7) is 0.902. The molecule has 1 aromatic carbocycles. The van der Waals surface area contributed by atoms with Crippen LogP contribution in [0.25, 0.3) is 11.1 Å². The number of nitrogens with zero attached hydrogens (tertiary/aromatic N) is 3. The highest BCUT2D eigenvalue weighted by atomic mass is 19.1. The highest BCUT2D eigenvalue weighted by molar-refractivity contribution is 5.64. The minimum Gasteiger partial charge on any atom is -0.272 e. The Morgan fingerprint density at radius 1 is 1.42 bits per heavy atom. The second kappa shape index (κ2) is 4.85. The Balaban J connectivity index is 1.87. The van der Waals surface area contributed by atoms with E-state index in [2.05, 4.69) is 5.10 Å². The molecule has 0 spiro atoms. The lowest BCUT2D eigenvalue weighted by Crippen LogP contribution is -2.18. The lowest BCUT2D eigenvalue weighted by atomic mass is 9.85. The zero-order valence-corrected chi connectivity index (χ0v) is 10.5. The molecule has 3 nitrogen and oxygen atoms in total. The van der Waals surface area contributed by atoms with Crippen LogP contribution in [0.1, 0.15) is 24.8 Å². The van der Waals surface area contributed by atoms with Gasteiger partial charge in [-0.1, -0.05) is 6.42 Å². The molecule has 0 N–H and O–H groups in total. The zero-order chi connectivity index (χ0) is 13.2. The van der Waals surface area contributed by atoms with Gasteiger partial charge in [-0.2, -0.15) is 10.4 Å². The van der Waals surface area contributed by atoms with Crippen molar-refractivity contribution in [3.63, 3.8) is 0 Å². The van der Waals surface area contributed by atoms with Crippen molar-refractivity contribution in [3.05, 3.63) is 42.0 Å². The molecule has 0 saturated heterocycles. The van der Waals surface area contributed by atoms with Crippen molar-refractivity contribution in [1.29, 1.82) is 5.26 Å². The molecule has 1 aliphatic rings. The maximum Gasteiger partial charge on any atom is 0.131 e. The molecule has 1 aromatic heterocycles. The number of hydrogen-bond donors (Lipinski definition) is 0. The van der Waals surface area contributed by atoms with Crippen LogP contribution in [-0.2, 0) is 6.54 Å². The van der Waals surface area contributed by atoms with Gasteiger partial charge in [0.25, 0.3) is 0 Å². The van der Waals surface area contributed by atoms with Crippen molar-refractivity contribution in [3.8, 4) is 17.2 Å². The Hall–Kier alpha value is -2.15. The van der Waals surface area contributed by atoms with Gasteiger partial charge in [-0.05, 0) is 37.0 Å². The second-order valence-corrected chi connectivity index (χ2v) is 5.05. The second-order valence-electron chi connectivity index (χ2n) is 5.05. The highest BCUT2D eigenvalue weighted by Gasteiger charge is 2.18. The van der Waals surface area contributed by atoms with Crippen molar-refractivity contribution >= 4 is 0 Å². The Morgan fingerprint density at radius 3 is 2.95 bits per heavy atom. The standard InChI is InChI=1S/C15H14FN3/c16-15-5-4-12(7-17)6-14(15)13-8-18-19(10-13)9-11-2-1-3-11/h4-6,8,10-11H,1-3,9H2. The van der Waals surface area contributed by atoms with Crippen LogP contribution in [0.2, 0.25) is 0 Å². The summed E-state index contributed by atoms with van der Waals surface area (Å²) in [5.41, 5.74) is 1.64. The van der Waals surface area contributed by atoms with E-state index in [9.17, 15) is 4.39 Å². The van der Waals surface area contributed by atoms with Crippen LogP contribution >= 0.6 is 0 Å². The van der Waals surface area contributed by atoms with Gasteiger partial charge in [-0.25, -0.2) is 4.39 Å². The van der Waals surface area contributed by atoms with Crippen molar-refractivity contribution in [2.45, 2.75) is 25.8 Å². The number of halogens is 1. The molecule has 1 fully saturated rings. The SMILES string of the molecule is N#Cc1ccc(F)c(-c2cnn(CC3CCC3)c2)c1. The van der Waals surface area contributed by atoms with Gasteiger partial charge in [0.1, 0.15) is 5.82 Å². The molecule has 0 bridgehead atoms. The van der Waals surface area contributed by atoms with E-state index in [0.717, 1.165) is 12.1 Å². The summed E-state index contributed by atoms with van der Waals surface area (Å²) in [4.78, 5) is 0. The van der Waals surface area contributed by atoms with E-state index >= 15 is 0 Å². The third kappa shape index (κ3) is 2.37. The predicted octanol–water partition coefficient (Wildman–Crippen LogP) is 3.36. The Kier molecular flexibility index (Phi) is 3.04. The average molecular weight is 255 g/mol. The molecule has 4 heteroatoms. The van der Waals surface area contributed by atoms with E-state index in [-0.39, 0.29) is 5.82 Å². The lowest BCUT2D eigenvalue weighted by molar-refractivity contribution is 0.266. The van der Waals surface area contributed by atoms with E-state index in [4.69, 9.17) is 5.26 Å². The average Bonchev–Trinajstić information content (AvgIpc) is 2.83. The fourth-order valence-corrected chi connectivity index (χ4v) is 2.36. The zero-order valence-electron chi connectivity index (χ0n) is 10.5. The minimum absolute atomic E-state index is 0.317. The van der Waals surface area contributed by atoms with E-state index in [1.807, 2.05) is 16.9 Å². The van der Waals surface area contributed by atoms with Crippen molar-refractivity contribution < 1.29 is 4.39 Å². The fraction of sp³-hybridized carbons (Fsp3) is 0.333. The van der Waals surface area contributed by atoms with Gasteiger partial charge in [-0.15, -0.1) is 0 Å². The Bertz CT molecular complexity index is 635. The van der Waals surface area contributed by atoms with Crippen molar-refractivity contribution in [2.24, 2.45) is 5.92 Å². The number of nitriles is 1. The van der Waals surface area contributed by atoms with Gasteiger partial charge in [-0.3, -0.25) is 4.68 Å². The van der Waals surface area contributed by atoms with Crippen molar-refractivity contribution in [2.75, 3.05) is 0 Å². The molecule has 0 aliphatic heterocycles. The molecule has 96 valence electrons. The Morgan fingerprint density at radius 2 is 2.26 bits per heavy atom. The molecule has 1 heterocycles. The summed E-state index contributed by atoms with van der Waals surface area (Å²) in [5, 5.41) is 13.1. The first-order chi connectivity index (χ1) is 9.26. The van der Waals surface area contributed by atoms with Gasteiger partial charge in [0, 0.05) is 23.9 Å². The number of hydrogen-bond acceptors (Lipinski definition) is 2. The highest BCUT2D eigenvalue weighted by Crippen LogP contribution is 2.29. The normalized spacial score (nSPS) is 14.9. The molecule has 1 saturated carbocycles. The monoisotopic (exact) mass is 255 g/mol. The minimum atomic E-state index is -0.317. The third-order valence-corrected chi connectivity index (χ3v) is 3.71. The molecular weight excluding hydrogens is 241 g/mol. The molecule has 1 aliphatic carbocycles. The summed E-state index contributed by atoms with van der Waals surface area (Å²) < 4.78 is 15.7. The van der Waals surface area contributed by atoms with Crippen LogP contribution in [0, 0.1) is 23.1 Å². The summed E-state index contributed by atoms with van der Waals surface area (Å²) in [6, 6.07) is 6.41. The van der Waals surface area contributed by atoms with E-state index in [1.54, 1.807) is 12.3 Å². The fourth-order valence-electron chi connectivity index (χ4n) is 2.36. The molecule has 0 radical (unpaired) electrons. The largest absolute Gasteiger partial charge is 0.272 e. The first kappa shape index (κ1) is 11.9. The third-order valence-electron chi connectivity index (χ3n) is 3.71. The molecular formula is C15H14FN3. The van der Waals surface area contributed by atoms with Crippen LogP contribution in [0.3, 0.4) is 0 Å². The van der Waals surface area contributed by atoms with Crippen molar-refractivity contribution in [1.82, 2.24) is 9.78 Å². The topological polar surface area (TPSA) is 41.6 Å². The van der Waals surface area contributed by atoms with Crippen LogP contribution in [0.15, 0.2) is 30.6 Å². The van der Waals surface area contributed by atoms with Crippen LogP contribution in [0.4, 0.5) is 4.39 Å². The maximum atomic E-state index is 13.8. The van der Waals surface area contributed by atoms with Crippen LogP contribution in [-0.4, -0.2) is 9.78 Å². The van der Waals surface area contributed by atoms with E-state index in [1.165, 1.54) is 31.4 Å². The smallest absolute Gasteiger partial charge is 0.131 e. The summed E-state index contributed by atoms with van der Waals surface area (Å²) in [7, 11) is 0. The Labute approximate surface area is 111 Å². The van der Waals surface area contributed by atoms with Gasteiger partial charge in [0.15, 0.2) is 0 Å². The summed E-state index contributed by atoms with van der Waals surface area (Å²) in [6.07, 6.45) is 7.34. The quantitative estimate of drug-likeness (QED) is 0.843. The molecule has 19 heavy (non-hydrogen) atoms. The lowest BCUT2D eigenvalue weighted by Gasteiger charge is -2.24. The molecule has 0 unspecified atom stereocenters. The predicted molar refractivity (Wildman–Crippen MR) is 69.7 cm³/mol. The maximum absolute atomic E-state index is 13.8. The van der Waals surface area contributed by atoms with Gasteiger partial charge in [0.2, 0.25) is 0 Å². The first-order valence-electron chi connectivity index (χ1n) is 6.49. The van der Waals surface area contributed by atoms with Crippen LogP contribution < -0.4 is 0 Å². The molecule has 0 amide bonds. The summed E-state index contributed by atoms with van der Waals surface area (Å²) in [5.74, 6) is 0.394. The molecule has 2 aromatic rings. The van der Waals surface area contributed by atoms with E-state index in [0.29, 0.717) is 17.0 Å². The number of aromatic nitrogens is 2. The summed E-state index contributed by atoms with van der Waals surface area (Å²) >= 11 is 0. The number of rotatable bonds is 3. The van der Waals surface area contributed by atoms with Crippen LogP contribution in [0.5, 0.6) is 0 Å². The first-order valence-corrected chi connectivity index (χ1v) is 6.49. The van der Waals surface area contributed by atoms with Gasteiger partial charge >= 0.3 is 0 Å².